The van der Waals surface area contributed by atoms with Crippen LogP contribution < -0.4 is 0 Å². The van der Waals surface area contributed by atoms with Crippen LogP contribution in [0.2, 0.25) is 0 Å². The minimum absolute atomic E-state index is 0. The zero-order chi connectivity index (χ0) is 19.0. The summed E-state index contributed by atoms with van der Waals surface area (Å²) in [7, 11) is 0. The van der Waals surface area contributed by atoms with Gasteiger partial charge in [-0.25, -0.2) is 10.5 Å². The van der Waals surface area contributed by atoms with Gasteiger partial charge in [-0.05, 0) is 80.6 Å². The summed E-state index contributed by atoms with van der Waals surface area (Å²) in [6, 6.07) is 0. The van der Waals surface area contributed by atoms with Crippen LogP contribution in [0.25, 0.3) is 0 Å². The van der Waals surface area contributed by atoms with Gasteiger partial charge >= 0.3 is 0 Å². The van der Waals surface area contributed by atoms with Crippen molar-refractivity contribution in [3.8, 4) is 0 Å². The summed E-state index contributed by atoms with van der Waals surface area (Å²) in [4.78, 5) is 0. The average molecular weight is 606 g/mol. The predicted octanol–water partition coefficient (Wildman–Crippen LogP) is -3.39. The maximum absolute atomic E-state index is 7.51. The molecule has 0 aliphatic carbocycles. The summed E-state index contributed by atoms with van der Waals surface area (Å²) in [5.41, 5.74) is 0. The highest BCUT2D eigenvalue weighted by molar-refractivity contribution is 3.09. The second kappa shape index (κ2) is 76.5. The summed E-state index contributed by atoms with van der Waals surface area (Å²) in [6.07, 6.45) is 0. The monoisotopic (exact) mass is 606 g/mol. The van der Waals surface area contributed by atoms with Crippen molar-refractivity contribution >= 4 is 0 Å². The lowest BCUT2D eigenvalue weighted by atomic mass is 12.0. The van der Waals surface area contributed by atoms with Crippen LogP contribution in [0.1, 0.15) is 37.1 Å². The van der Waals surface area contributed by atoms with Gasteiger partial charge in [0.15, 0.2) is 0 Å². The molecule has 0 aromatic rings. The minimum atomic E-state index is 0. The molecule has 0 aliphatic heterocycles. The molecule has 0 saturated heterocycles. The topological polar surface area (TPSA) is 451 Å². The average Bonchev–Trinajstić information content (AvgIpc) is 2.66. The van der Waals surface area contributed by atoms with E-state index >= 15 is 0 Å². The first-order valence-corrected chi connectivity index (χ1v) is 4.20. The molecule has 37 heavy (non-hydrogen) atoms. The molecule has 246 valence electrons. The van der Waals surface area contributed by atoms with Crippen LogP contribution in [-0.4, -0.2) is 43.4 Å². The Labute approximate surface area is 203 Å². The quantitative estimate of drug-likeness (QED) is 0.0650. The summed E-state index contributed by atoms with van der Waals surface area (Å²) in [5, 5.41) is 96.0. The Bertz CT molecular complexity index is 217. The SMILES string of the molecule is C.C.C.C.C.O.O.O.O.O.O.OOOOOOOOOOOOOOOOOOOOOOOOOO. The highest BCUT2D eigenvalue weighted by atomic mass is 18.0. The van der Waals surface area contributed by atoms with Gasteiger partial charge < -0.3 is 32.9 Å². The highest BCUT2D eigenvalue weighted by Gasteiger charge is 2.00. The Balaban J connectivity index is -0.0000000568. The Morgan fingerprint density at radius 1 is 0.189 bits per heavy atom. The zero-order valence-electron chi connectivity index (χ0n) is 13.7. The van der Waals surface area contributed by atoms with Crippen molar-refractivity contribution < 1.29 is 164 Å². The molecular formula is C5H34O32. The van der Waals surface area contributed by atoms with Crippen LogP contribution in [0.3, 0.4) is 0 Å². The fraction of sp³-hybridized carbons (Fsp3) is 1.00. The smallest absolute Gasteiger partial charge is 0 e. The third kappa shape index (κ3) is 78.8. The second-order valence-corrected chi connectivity index (χ2v) is 1.65. The molecule has 0 aliphatic rings. The van der Waals surface area contributed by atoms with Crippen molar-refractivity contribution in [2.24, 2.45) is 0 Å². The van der Waals surface area contributed by atoms with E-state index in [-0.39, 0.29) is 70.0 Å². The van der Waals surface area contributed by atoms with Crippen molar-refractivity contribution in [1.82, 2.24) is 0 Å². The number of hydrogen-bond donors (Lipinski definition) is 2. The van der Waals surface area contributed by atoms with Gasteiger partial charge in [0.2, 0.25) is 0 Å². The summed E-state index contributed by atoms with van der Waals surface area (Å²) in [5.74, 6) is 0. The lowest BCUT2D eigenvalue weighted by Gasteiger charge is -1.99. The van der Waals surface area contributed by atoms with E-state index in [9.17, 15) is 0 Å². The van der Waals surface area contributed by atoms with Crippen LogP contribution in [0, 0.1) is 0 Å². The van der Waals surface area contributed by atoms with Crippen molar-refractivity contribution in [1.29, 1.82) is 0 Å². The van der Waals surface area contributed by atoms with Crippen LogP contribution in [0.15, 0.2) is 0 Å². The lowest BCUT2D eigenvalue weighted by molar-refractivity contribution is -0.901. The molecule has 0 aromatic heterocycles. The van der Waals surface area contributed by atoms with Gasteiger partial charge in [-0.2, -0.15) is 0 Å². The molecule has 0 radical (unpaired) electrons. The van der Waals surface area contributed by atoms with Gasteiger partial charge in [-0.3, -0.25) is 0 Å². The summed E-state index contributed by atoms with van der Waals surface area (Å²) in [6.45, 7) is 0. The lowest BCUT2D eigenvalue weighted by Crippen LogP contribution is -2.05. The molecule has 0 fully saturated rings. The summed E-state index contributed by atoms with van der Waals surface area (Å²) >= 11 is 0. The Kier molecular flexibility index (Phi) is 158. The van der Waals surface area contributed by atoms with Crippen LogP contribution in [0.5, 0.6) is 0 Å². The standard InChI is InChI=1S/5CH4.H2O26.6H2O/c;;;;;1-3-5-7-9-11-13-15-17-19-21-23-25-26-24-22-20-18-16-14-12-10-8-6-4-2;;;;;;/h5*1H4;1-2H;6*1H2. The third-order valence-corrected chi connectivity index (χ3v) is 0.644. The van der Waals surface area contributed by atoms with E-state index in [1.54, 1.807) is 0 Å². The van der Waals surface area contributed by atoms with Crippen molar-refractivity contribution in [3.63, 3.8) is 0 Å². The third-order valence-electron chi connectivity index (χ3n) is 0.644. The number of hydrogen-bond acceptors (Lipinski definition) is 26. The van der Waals surface area contributed by atoms with Gasteiger partial charge in [0.05, 0.1) is 0 Å². The highest BCUT2D eigenvalue weighted by Crippen LogP contribution is 1.94. The minimum Gasteiger partial charge on any atom is -0.412 e. The Morgan fingerprint density at radius 2 is 0.270 bits per heavy atom. The first kappa shape index (κ1) is 76.5. The maximum Gasteiger partial charge on any atom is 0 e. The molecular weight excluding hydrogens is 572 g/mol. The molecule has 32 heteroatoms. The fourth-order valence-corrected chi connectivity index (χ4v) is 0.252. The van der Waals surface area contributed by atoms with E-state index in [1.165, 1.54) is 0 Å². The first-order valence-electron chi connectivity index (χ1n) is 4.20. The van der Waals surface area contributed by atoms with Crippen molar-refractivity contribution in [2.45, 2.75) is 37.1 Å². The van der Waals surface area contributed by atoms with Crippen molar-refractivity contribution in [2.75, 3.05) is 0 Å². The van der Waals surface area contributed by atoms with E-state index in [2.05, 4.69) is 121 Å². The second-order valence-electron chi connectivity index (χ2n) is 1.65. The van der Waals surface area contributed by atoms with Crippen LogP contribution >= 0.6 is 0 Å². The molecule has 0 unspecified atom stereocenters. The van der Waals surface area contributed by atoms with E-state index in [4.69, 9.17) is 10.5 Å². The normalized spacial score (nSPS) is 7.95. The molecule has 32 nitrogen and oxygen atoms in total. The summed E-state index contributed by atoms with van der Waals surface area (Å²) < 4.78 is 0. The van der Waals surface area contributed by atoms with Crippen LogP contribution in [-0.2, 0) is 121 Å². The molecule has 0 spiro atoms. The zero-order valence-corrected chi connectivity index (χ0v) is 13.7. The van der Waals surface area contributed by atoms with Crippen molar-refractivity contribution in [3.05, 3.63) is 0 Å². The first-order chi connectivity index (χ1) is 12.9. The molecule has 0 aromatic carbocycles. The van der Waals surface area contributed by atoms with Gasteiger partial charge in [0.25, 0.3) is 0 Å². The number of rotatable bonds is 23. The molecule has 0 bridgehead atoms. The Hall–Kier alpha value is -1.28. The van der Waals surface area contributed by atoms with Gasteiger partial charge in [0.1, 0.15) is 0 Å². The van der Waals surface area contributed by atoms with Gasteiger partial charge in [0, 0.05) is 40.3 Å². The van der Waals surface area contributed by atoms with E-state index in [0.29, 0.717) is 0 Å². The van der Waals surface area contributed by atoms with Gasteiger partial charge in [-0.1, -0.05) is 37.1 Å². The molecule has 0 saturated carbocycles. The van der Waals surface area contributed by atoms with E-state index in [1.807, 2.05) is 0 Å². The molecule has 0 amide bonds. The largest absolute Gasteiger partial charge is 0.412 e. The van der Waals surface area contributed by atoms with E-state index in [0.717, 1.165) is 0 Å². The molecule has 14 N–H and O–H groups in total. The molecule has 0 atom stereocenters. The van der Waals surface area contributed by atoms with Crippen LogP contribution in [0.4, 0.5) is 0 Å². The van der Waals surface area contributed by atoms with E-state index < -0.39 is 0 Å². The molecule has 0 heterocycles. The molecule has 0 rings (SSSR count). The Morgan fingerprint density at radius 3 is 0.351 bits per heavy atom. The predicted molar refractivity (Wildman–Crippen MR) is 86.6 cm³/mol. The fourth-order valence-electron chi connectivity index (χ4n) is 0.252. The van der Waals surface area contributed by atoms with Gasteiger partial charge in [-0.15, -0.1) is 0 Å². The maximum atomic E-state index is 7.51.